The highest BCUT2D eigenvalue weighted by molar-refractivity contribution is 5.92. The largest absolute Gasteiger partial charge is 0.373 e. The van der Waals surface area contributed by atoms with Crippen LogP contribution in [0.1, 0.15) is 32.4 Å². The van der Waals surface area contributed by atoms with Gasteiger partial charge in [-0.1, -0.05) is 6.92 Å². The second kappa shape index (κ2) is 5.97. The summed E-state index contributed by atoms with van der Waals surface area (Å²) < 4.78 is 5.56. The average Bonchev–Trinajstić information content (AvgIpc) is 2.68. The summed E-state index contributed by atoms with van der Waals surface area (Å²) in [5.74, 6) is 1.44. The molecule has 1 fully saturated rings. The molecule has 114 valence electrons. The lowest BCUT2D eigenvalue weighted by Crippen LogP contribution is -2.36. The molecule has 0 saturated carbocycles. The van der Waals surface area contributed by atoms with E-state index in [9.17, 15) is 4.79 Å². The molecule has 0 aromatic carbocycles. The zero-order valence-electron chi connectivity index (χ0n) is 12.7. The number of ether oxygens (including phenoxy) is 1. The van der Waals surface area contributed by atoms with Crippen molar-refractivity contribution in [3.8, 4) is 0 Å². The fourth-order valence-electron chi connectivity index (χ4n) is 3.03. The van der Waals surface area contributed by atoms with Gasteiger partial charge in [-0.25, -0.2) is 9.97 Å². The Kier molecular flexibility index (Phi) is 4.05. The Balaban J connectivity index is 1.89. The number of nitrogens with zero attached hydrogens (tertiary/aromatic N) is 4. The summed E-state index contributed by atoms with van der Waals surface area (Å²) in [5, 5.41) is 0. The Morgan fingerprint density at radius 2 is 2.29 bits per heavy atom. The van der Waals surface area contributed by atoms with E-state index in [-0.39, 0.29) is 5.91 Å². The van der Waals surface area contributed by atoms with E-state index in [2.05, 4.69) is 21.8 Å². The fourth-order valence-corrected chi connectivity index (χ4v) is 3.03. The summed E-state index contributed by atoms with van der Waals surface area (Å²) in [6.07, 6.45) is 4.22. The smallest absolute Gasteiger partial charge is 0.225 e. The van der Waals surface area contributed by atoms with Crippen molar-refractivity contribution in [2.45, 2.75) is 33.3 Å². The van der Waals surface area contributed by atoms with Crippen molar-refractivity contribution < 1.29 is 9.53 Å². The topological polar surface area (TPSA) is 58.6 Å². The van der Waals surface area contributed by atoms with Crippen LogP contribution < -0.4 is 9.80 Å². The first-order chi connectivity index (χ1) is 10.1. The van der Waals surface area contributed by atoms with Crippen molar-refractivity contribution in [1.29, 1.82) is 0 Å². The normalized spacial score (nSPS) is 22.7. The van der Waals surface area contributed by atoms with Crippen LogP contribution in [0.25, 0.3) is 0 Å². The fraction of sp³-hybridized carbons (Fsp3) is 0.667. The van der Waals surface area contributed by atoms with Crippen LogP contribution in [0.2, 0.25) is 0 Å². The van der Waals surface area contributed by atoms with Gasteiger partial charge in [0.1, 0.15) is 0 Å². The number of carbonyl (C=O) groups excluding carboxylic acids is 1. The van der Waals surface area contributed by atoms with Gasteiger partial charge >= 0.3 is 0 Å². The lowest BCUT2D eigenvalue weighted by atomic mass is 10.0. The van der Waals surface area contributed by atoms with Crippen LogP contribution in [-0.4, -0.2) is 42.1 Å². The molecule has 6 heteroatoms. The maximum atomic E-state index is 11.7. The molecule has 2 aliphatic rings. The van der Waals surface area contributed by atoms with Crippen molar-refractivity contribution in [1.82, 2.24) is 9.97 Å². The summed E-state index contributed by atoms with van der Waals surface area (Å²) >= 11 is 0. The molecular formula is C15H22N4O2. The average molecular weight is 290 g/mol. The van der Waals surface area contributed by atoms with Crippen molar-refractivity contribution in [3.05, 3.63) is 11.9 Å². The van der Waals surface area contributed by atoms with Crippen LogP contribution in [0.15, 0.2) is 6.20 Å². The van der Waals surface area contributed by atoms with Gasteiger partial charge in [-0.05, 0) is 18.8 Å². The molecular weight excluding hydrogens is 268 g/mol. The van der Waals surface area contributed by atoms with Gasteiger partial charge in [0.05, 0.1) is 30.8 Å². The Morgan fingerprint density at radius 1 is 1.43 bits per heavy atom. The van der Waals surface area contributed by atoms with E-state index in [4.69, 9.17) is 4.74 Å². The van der Waals surface area contributed by atoms with Crippen LogP contribution in [0.3, 0.4) is 0 Å². The maximum absolute atomic E-state index is 11.7. The molecule has 3 rings (SSSR count). The number of carbonyl (C=O) groups is 1. The second-order valence-corrected chi connectivity index (χ2v) is 5.92. The second-order valence-electron chi connectivity index (χ2n) is 5.92. The zero-order chi connectivity index (χ0) is 14.8. The van der Waals surface area contributed by atoms with Gasteiger partial charge in [-0.15, -0.1) is 0 Å². The number of anilines is 2. The van der Waals surface area contributed by atoms with E-state index in [1.165, 1.54) is 12.8 Å². The van der Waals surface area contributed by atoms with E-state index in [1.807, 2.05) is 0 Å². The Morgan fingerprint density at radius 3 is 3.05 bits per heavy atom. The van der Waals surface area contributed by atoms with E-state index >= 15 is 0 Å². The summed E-state index contributed by atoms with van der Waals surface area (Å²) in [4.78, 5) is 24.8. The number of rotatable bonds is 1. The quantitative estimate of drug-likeness (QED) is 0.786. The first-order valence-corrected chi connectivity index (χ1v) is 7.62. The van der Waals surface area contributed by atoms with Crippen molar-refractivity contribution in [2.75, 3.05) is 36.0 Å². The Labute approximate surface area is 125 Å². The third kappa shape index (κ3) is 3.00. The number of amides is 1. The molecule has 1 aromatic heterocycles. The maximum Gasteiger partial charge on any atom is 0.225 e. The number of hydrogen-bond donors (Lipinski definition) is 0. The van der Waals surface area contributed by atoms with E-state index < -0.39 is 0 Å². The third-order valence-electron chi connectivity index (χ3n) is 4.14. The number of aromatic nitrogens is 2. The Hall–Kier alpha value is -1.69. The minimum Gasteiger partial charge on any atom is -0.373 e. The molecule has 21 heavy (non-hydrogen) atoms. The van der Waals surface area contributed by atoms with Gasteiger partial charge in [-0.3, -0.25) is 4.79 Å². The molecule has 1 saturated heterocycles. The molecule has 0 radical (unpaired) electrons. The molecule has 1 amide bonds. The minimum absolute atomic E-state index is 0.00435. The summed E-state index contributed by atoms with van der Waals surface area (Å²) in [7, 11) is 0. The van der Waals surface area contributed by atoms with Crippen LogP contribution in [0.5, 0.6) is 0 Å². The minimum atomic E-state index is 0.00435. The van der Waals surface area contributed by atoms with Crippen LogP contribution >= 0.6 is 0 Å². The molecule has 0 spiro atoms. The van der Waals surface area contributed by atoms with Gasteiger partial charge in [0.15, 0.2) is 0 Å². The molecule has 6 nitrogen and oxygen atoms in total. The van der Waals surface area contributed by atoms with Gasteiger partial charge in [0.25, 0.3) is 0 Å². The van der Waals surface area contributed by atoms with Crippen molar-refractivity contribution >= 4 is 17.5 Å². The summed E-state index contributed by atoms with van der Waals surface area (Å²) in [6, 6.07) is 0. The van der Waals surface area contributed by atoms with Crippen molar-refractivity contribution in [2.24, 2.45) is 5.92 Å². The van der Waals surface area contributed by atoms with E-state index in [0.717, 1.165) is 30.4 Å². The van der Waals surface area contributed by atoms with Gasteiger partial charge in [0, 0.05) is 26.6 Å². The molecule has 0 N–H and O–H groups in total. The lowest BCUT2D eigenvalue weighted by Gasteiger charge is -2.31. The third-order valence-corrected chi connectivity index (χ3v) is 4.14. The van der Waals surface area contributed by atoms with Crippen LogP contribution in [-0.2, 0) is 16.1 Å². The predicted molar refractivity (Wildman–Crippen MR) is 80.3 cm³/mol. The lowest BCUT2D eigenvalue weighted by molar-refractivity contribution is -0.116. The Bertz CT molecular complexity index is 534. The van der Waals surface area contributed by atoms with Gasteiger partial charge in [0.2, 0.25) is 11.9 Å². The molecule has 0 aliphatic carbocycles. The van der Waals surface area contributed by atoms with Gasteiger partial charge < -0.3 is 14.5 Å². The standard InChI is InChI=1S/C15H22N4O2/c1-11-4-3-5-18(9-11)15-16-8-14-13(17-15)10-21-7-6-19(14)12(2)20/h8,11H,3-7,9-10H2,1-2H3/t11-/m0/s1. The zero-order valence-corrected chi connectivity index (χ0v) is 12.7. The SMILES string of the molecule is CC(=O)N1CCOCc2nc(N3CCC[C@H](C)C3)ncc21. The number of hydrogen-bond acceptors (Lipinski definition) is 5. The molecule has 1 aromatic rings. The van der Waals surface area contributed by atoms with E-state index in [0.29, 0.717) is 25.7 Å². The van der Waals surface area contributed by atoms with E-state index in [1.54, 1.807) is 18.0 Å². The molecule has 1 atom stereocenters. The number of fused-ring (bicyclic) bond motifs is 1. The molecule has 3 heterocycles. The molecule has 0 unspecified atom stereocenters. The first-order valence-electron chi connectivity index (χ1n) is 7.62. The van der Waals surface area contributed by atoms with Crippen LogP contribution in [0, 0.1) is 5.92 Å². The highest BCUT2D eigenvalue weighted by Gasteiger charge is 2.24. The molecule has 0 bridgehead atoms. The first kappa shape index (κ1) is 14.3. The van der Waals surface area contributed by atoms with Crippen molar-refractivity contribution in [3.63, 3.8) is 0 Å². The predicted octanol–water partition coefficient (Wildman–Crippen LogP) is 1.60. The summed E-state index contributed by atoms with van der Waals surface area (Å²) in [5.41, 5.74) is 1.60. The highest BCUT2D eigenvalue weighted by Crippen LogP contribution is 2.26. The highest BCUT2D eigenvalue weighted by atomic mass is 16.5. The van der Waals surface area contributed by atoms with Gasteiger partial charge in [-0.2, -0.15) is 0 Å². The summed E-state index contributed by atoms with van der Waals surface area (Å²) in [6.45, 7) is 7.36. The monoisotopic (exact) mass is 290 g/mol. The van der Waals surface area contributed by atoms with Crippen LogP contribution in [0.4, 0.5) is 11.6 Å². The molecule has 2 aliphatic heterocycles. The number of piperidine rings is 1.